The minimum absolute atomic E-state index is 0.0720. The molecule has 0 bridgehead atoms. The zero-order chi connectivity index (χ0) is 17.9. The third kappa shape index (κ3) is 4.69. The van der Waals surface area contributed by atoms with Crippen LogP contribution in [0.4, 0.5) is 13.2 Å². The Hall–Kier alpha value is -2.11. The van der Waals surface area contributed by atoms with E-state index < -0.39 is 23.3 Å². The molecule has 0 N–H and O–H groups in total. The van der Waals surface area contributed by atoms with Crippen LogP contribution in [0.3, 0.4) is 0 Å². The number of allylic oxidation sites excluding steroid dienone is 2. The number of alkyl halides is 3. The van der Waals surface area contributed by atoms with Crippen LogP contribution in [0.2, 0.25) is 10.0 Å². The Morgan fingerprint density at radius 1 is 0.750 bits per heavy atom. The van der Waals surface area contributed by atoms with Crippen LogP contribution in [0.25, 0.3) is 0 Å². The highest BCUT2D eigenvalue weighted by Gasteiger charge is 2.31. The van der Waals surface area contributed by atoms with E-state index in [1.807, 2.05) is 0 Å². The predicted molar refractivity (Wildman–Crippen MR) is 85.7 cm³/mol. The smallest absolute Gasteiger partial charge is 0.288 e. The Balaban J connectivity index is 2.47. The van der Waals surface area contributed by atoms with Crippen molar-refractivity contribution in [1.29, 1.82) is 0 Å². The fourth-order valence-electron chi connectivity index (χ4n) is 1.91. The van der Waals surface area contributed by atoms with E-state index in [0.717, 1.165) is 0 Å². The van der Waals surface area contributed by atoms with Crippen molar-refractivity contribution in [2.75, 3.05) is 0 Å². The second-order valence-electron chi connectivity index (χ2n) is 4.77. The third-order valence-electron chi connectivity index (χ3n) is 3.01. The molecule has 0 unspecified atom stereocenters. The summed E-state index contributed by atoms with van der Waals surface area (Å²) in [6.45, 7) is 0. The molecule has 24 heavy (non-hydrogen) atoms. The van der Waals surface area contributed by atoms with Crippen molar-refractivity contribution >= 4 is 34.8 Å². The van der Waals surface area contributed by atoms with Crippen LogP contribution in [0.5, 0.6) is 0 Å². The average Bonchev–Trinajstić information content (AvgIpc) is 2.52. The second kappa shape index (κ2) is 7.20. The standard InChI is InChI=1S/C17H9Cl2F3O2/c18-12-5-1-10(2-6-12)15(23)14(9-17(20,21)22)16(24)11-3-7-13(19)8-4-11/h1-9H. The molecule has 2 rings (SSSR count). The molecule has 0 aromatic heterocycles. The molecule has 0 atom stereocenters. The molecule has 2 aromatic rings. The van der Waals surface area contributed by atoms with Gasteiger partial charge in [0.15, 0.2) is 11.6 Å². The van der Waals surface area contributed by atoms with Crippen molar-refractivity contribution in [2.24, 2.45) is 0 Å². The molecule has 0 heterocycles. The molecular formula is C17H9Cl2F3O2. The Kier molecular flexibility index (Phi) is 5.47. The van der Waals surface area contributed by atoms with E-state index in [2.05, 4.69) is 0 Å². The highest BCUT2D eigenvalue weighted by Crippen LogP contribution is 2.24. The average molecular weight is 373 g/mol. The zero-order valence-electron chi connectivity index (χ0n) is 11.9. The van der Waals surface area contributed by atoms with E-state index in [0.29, 0.717) is 10.0 Å². The second-order valence-corrected chi connectivity index (χ2v) is 5.64. The summed E-state index contributed by atoms with van der Waals surface area (Å²) in [6, 6.07) is 10.4. The molecule has 0 fully saturated rings. The van der Waals surface area contributed by atoms with Crippen LogP contribution >= 0.6 is 23.2 Å². The van der Waals surface area contributed by atoms with Crippen molar-refractivity contribution in [3.05, 3.63) is 81.4 Å². The summed E-state index contributed by atoms with van der Waals surface area (Å²) < 4.78 is 38.3. The van der Waals surface area contributed by atoms with Gasteiger partial charge >= 0.3 is 6.18 Å². The van der Waals surface area contributed by atoms with Crippen molar-refractivity contribution in [2.45, 2.75) is 6.18 Å². The van der Waals surface area contributed by atoms with Gasteiger partial charge in [-0.15, -0.1) is 0 Å². The number of rotatable bonds is 4. The molecule has 0 amide bonds. The molecule has 0 aliphatic heterocycles. The molecular weight excluding hydrogens is 364 g/mol. The Labute approximate surface area is 145 Å². The highest BCUT2D eigenvalue weighted by atomic mass is 35.5. The first-order valence-electron chi connectivity index (χ1n) is 6.57. The largest absolute Gasteiger partial charge is 0.410 e. The number of carbonyl (C=O) groups is 2. The first kappa shape index (κ1) is 18.2. The summed E-state index contributed by atoms with van der Waals surface area (Å²) in [7, 11) is 0. The quantitative estimate of drug-likeness (QED) is 0.305. The van der Waals surface area contributed by atoms with E-state index in [1.54, 1.807) is 0 Å². The van der Waals surface area contributed by atoms with Gasteiger partial charge in [0.2, 0.25) is 0 Å². The minimum Gasteiger partial charge on any atom is -0.288 e. The van der Waals surface area contributed by atoms with Crippen LogP contribution < -0.4 is 0 Å². The molecule has 0 saturated carbocycles. The lowest BCUT2D eigenvalue weighted by molar-refractivity contribution is -0.0803. The SMILES string of the molecule is O=C(C(=CC(F)(F)F)C(=O)c1ccc(Cl)cc1)c1ccc(Cl)cc1. The van der Waals surface area contributed by atoms with Crippen LogP contribution in [-0.2, 0) is 0 Å². The molecule has 0 spiro atoms. The lowest BCUT2D eigenvalue weighted by Gasteiger charge is -2.09. The van der Waals surface area contributed by atoms with Crippen molar-refractivity contribution in [3.63, 3.8) is 0 Å². The van der Waals surface area contributed by atoms with Gasteiger partial charge in [-0.05, 0) is 48.5 Å². The number of Topliss-reactive ketones (excluding diaryl/α,β-unsaturated/α-hetero) is 2. The maximum Gasteiger partial charge on any atom is 0.410 e. The van der Waals surface area contributed by atoms with Crippen molar-refractivity contribution in [3.8, 4) is 0 Å². The maximum absolute atomic E-state index is 12.8. The number of hydrogen-bond acceptors (Lipinski definition) is 2. The van der Waals surface area contributed by atoms with E-state index >= 15 is 0 Å². The zero-order valence-corrected chi connectivity index (χ0v) is 13.4. The Morgan fingerprint density at radius 3 is 1.38 bits per heavy atom. The first-order valence-corrected chi connectivity index (χ1v) is 7.33. The van der Waals surface area contributed by atoms with Crippen molar-refractivity contribution in [1.82, 2.24) is 0 Å². The Morgan fingerprint density at radius 2 is 1.08 bits per heavy atom. The summed E-state index contributed by atoms with van der Waals surface area (Å²) in [6.07, 6.45) is -5.11. The van der Waals surface area contributed by atoms with Gasteiger partial charge in [-0.1, -0.05) is 23.2 Å². The first-order chi connectivity index (χ1) is 11.2. The summed E-state index contributed by atoms with van der Waals surface area (Å²) in [5, 5.41) is 0.633. The fourth-order valence-corrected chi connectivity index (χ4v) is 2.16. The third-order valence-corrected chi connectivity index (χ3v) is 3.51. The van der Waals surface area contributed by atoms with Gasteiger partial charge in [0.1, 0.15) is 0 Å². The lowest BCUT2D eigenvalue weighted by atomic mass is 9.95. The molecule has 2 nitrogen and oxygen atoms in total. The fraction of sp³-hybridized carbons (Fsp3) is 0.0588. The summed E-state index contributed by atoms with van der Waals surface area (Å²) in [4.78, 5) is 24.7. The van der Waals surface area contributed by atoms with Gasteiger partial charge in [-0.3, -0.25) is 9.59 Å². The van der Waals surface area contributed by atoms with Gasteiger partial charge in [-0.25, -0.2) is 0 Å². The molecule has 124 valence electrons. The normalized spacial score (nSPS) is 11.0. The van der Waals surface area contributed by atoms with Crippen LogP contribution in [0.1, 0.15) is 20.7 Å². The van der Waals surface area contributed by atoms with Gasteiger partial charge in [0.05, 0.1) is 5.57 Å². The van der Waals surface area contributed by atoms with E-state index in [-0.39, 0.29) is 17.2 Å². The van der Waals surface area contributed by atoms with Crippen LogP contribution in [0, 0.1) is 0 Å². The maximum atomic E-state index is 12.8. The summed E-state index contributed by atoms with van der Waals surface area (Å²) >= 11 is 11.4. The van der Waals surface area contributed by atoms with Crippen molar-refractivity contribution < 1.29 is 22.8 Å². The number of halogens is 5. The minimum atomic E-state index is -4.82. The molecule has 2 aromatic carbocycles. The van der Waals surface area contributed by atoms with Gasteiger partial charge in [0, 0.05) is 27.2 Å². The number of carbonyl (C=O) groups excluding carboxylic acids is 2. The number of ketones is 2. The molecule has 7 heteroatoms. The highest BCUT2D eigenvalue weighted by molar-refractivity contribution is 6.33. The van der Waals surface area contributed by atoms with E-state index in [9.17, 15) is 22.8 Å². The summed E-state index contributed by atoms with van der Waals surface area (Å²) in [5.41, 5.74) is -1.12. The molecule has 0 aliphatic rings. The predicted octanol–water partition coefficient (Wildman–Crippen LogP) is 5.55. The van der Waals surface area contributed by atoms with Gasteiger partial charge in [-0.2, -0.15) is 13.2 Å². The van der Waals surface area contributed by atoms with Gasteiger partial charge < -0.3 is 0 Å². The van der Waals surface area contributed by atoms with Crippen LogP contribution in [-0.4, -0.2) is 17.7 Å². The summed E-state index contributed by atoms with van der Waals surface area (Å²) in [5.74, 6) is -2.08. The van der Waals surface area contributed by atoms with E-state index in [4.69, 9.17) is 23.2 Å². The topological polar surface area (TPSA) is 34.1 Å². The van der Waals surface area contributed by atoms with E-state index in [1.165, 1.54) is 48.5 Å². The molecule has 0 aliphatic carbocycles. The lowest BCUT2D eigenvalue weighted by Crippen LogP contribution is -2.17. The Bertz CT molecular complexity index is 733. The van der Waals surface area contributed by atoms with Crippen LogP contribution in [0.15, 0.2) is 60.2 Å². The molecule has 0 radical (unpaired) electrons. The number of hydrogen-bond donors (Lipinski definition) is 0. The number of benzene rings is 2. The molecule has 0 saturated heterocycles. The monoisotopic (exact) mass is 372 g/mol. The van der Waals surface area contributed by atoms with Gasteiger partial charge in [0.25, 0.3) is 0 Å².